The van der Waals surface area contributed by atoms with E-state index in [2.05, 4.69) is 89.4 Å². The number of nitrogens with zero attached hydrogens (tertiary/aromatic N) is 2. The third kappa shape index (κ3) is 5.31. The molecule has 0 radical (unpaired) electrons. The summed E-state index contributed by atoms with van der Waals surface area (Å²) in [5, 5.41) is 5.66. The molecule has 2 aromatic carbocycles. The number of thioether (sulfide) groups is 1. The predicted octanol–water partition coefficient (Wildman–Crippen LogP) is 7.05. The van der Waals surface area contributed by atoms with Crippen molar-refractivity contribution in [2.45, 2.75) is 37.8 Å². The van der Waals surface area contributed by atoms with Gasteiger partial charge in [-0.2, -0.15) is 11.3 Å². The fourth-order valence-electron chi connectivity index (χ4n) is 3.90. The van der Waals surface area contributed by atoms with E-state index in [0.29, 0.717) is 5.92 Å². The molecule has 0 N–H and O–H groups in total. The van der Waals surface area contributed by atoms with Gasteiger partial charge in [0.05, 0.1) is 5.04 Å². The molecule has 4 rings (SSSR count). The number of hydrogen-bond acceptors (Lipinski definition) is 4. The lowest BCUT2D eigenvalue weighted by Gasteiger charge is -2.22. The number of benzene rings is 2. The maximum atomic E-state index is 4.99. The molecular weight excluding hydrogens is 392 g/mol. The molecular formula is C25H28N2S2. The van der Waals surface area contributed by atoms with Gasteiger partial charge in [-0.05, 0) is 41.8 Å². The number of thiophene rings is 1. The van der Waals surface area contributed by atoms with Crippen LogP contribution in [0.5, 0.6) is 0 Å². The van der Waals surface area contributed by atoms with E-state index in [4.69, 9.17) is 4.99 Å². The van der Waals surface area contributed by atoms with Crippen LogP contribution in [0.25, 0.3) is 0 Å². The van der Waals surface area contributed by atoms with Gasteiger partial charge in [0.2, 0.25) is 0 Å². The molecule has 0 amide bonds. The van der Waals surface area contributed by atoms with Crippen LogP contribution in [-0.4, -0.2) is 24.0 Å². The van der Waals surface area contributed by atoms with E-state index in [1.807, 2.05) is 11.8 Å². The molecule has 1 aliphatic heterocycles. The molecule has 2 nitrogen and oxygen atoms in total. The Balaban J connectivity index is 1.31. The molecule has 0 saturated heterocycles. The van der Waals surface area contributed by atoms with Gasteiger partial charge in [-0.15, -0.1) is 11.8 Å². The molecule has 0 saturated carbocycles. The van der Waals surface area contributed by atoms with Crippen molar-refractivity contribution in [3.05, 3.63) is 88.6 Å². The zero-order valence-electron chi connectivity index (χ0n) is 16.9. The molecule has 3 aromatic rings. The molecule has 2 heterocycles. The van der Waals surface area contributed by atoms with E-state index >= 15 is 0 Å². The summed E-state index contributed by atoms with van der Waals surface area (Å²) in [7, 11) is 2.16. The summed E-state index contributed by atoms with van der Waals surface area (Å²) in [6.45, 7) is 0. The van der Waals surface area contributed by atoms with Crippen LogP contribution in [0.2, 0.25) is 0 Å². The van der Waals surface area contributed by atoms with E-state index < -0.39 is 0 Å². The van der Waals surface area contributed by atoms with Gasteiger partial charge in [-0.1, -0.05) is 67.1 Å². The number of anilines is 1. The van der Waals surface area contributed by atoms with Crippen LogP contribution in [-0.2, 0) is 0 Å². The normalized spacial score (nSPS) is 16.2. The van der Waals surface area contributed by atoms with Crippen molar-refractivity contribution in [3.8, 4) is 0 Å². The summed E-state index contributed by atoms with van der Waals surface area (Å²) in [5.74, 6) is 1.55. The molecule has 29 heavy (non-hydrogen) atoms. The summed E-state index contributed by atoms with van der Waals surface area (Å²) in [4.78, 5) is 7.29. The molecule has 0 spiro atoms. The van der Waals surface area contributed by atoms with Crippen LogP contribution in [0, 0.1) is 0 Å². The Bertz CT molecular complexity index is 852. The summed E-state index contributed by atoms with van der Waals surface area (Å²) in [6.07, 6.45) is 5.00. The van der Waals surface area contributed by atoms with Crippen molar-refractivity contribution in [1.29, 1.82) is 0 Å². The van der Waals surface area contributed by atoms with Crippen molar-refractivity contribution in [1.82, 2.24) is 0 Å². The molecule has 1 unspecified atom stereocenters. The molecule has 1 aromatic heterocycles. The van der Waals surface area contributed by atoms with Gasteiger partial charge in [0, 0.05) is 29.8 Å². The van der Waals surface area contributed by atoms with Crippen LogP contribution in [0.4, 0.5) is 5.69 Å². The highest BCUT2D eigenvalue weighted by atomic mass is 32.2. The van der Waals surface area contributed by atoms with E-state index in [0.717, 1.165) is 12.2 Å². The fourth-order valence-corrected chi connectivity index (χ4v) is 5.70. The second kappa shape index (κ2) is 10.1. The Morgan fingerprint density at radius 2 is 1.66 bits per heavy atom. The molecule has 0 fully saturated rings. The predicted molar refractivity (Wildman–Crippen MR) is 130 cm³/mol. The molecule has 1 atom stereocenters. The number of hydrogen-bond donors (Lipinski definition) is 0. The second-order valence-electron chi connectivity index (χ2n) is 7.53. The van der Waals surface area contributed by atoms with Crippen molar-refractivity contribution < 1.29 is 0 Å². The van der Waals surface area contributed by atoms with Crippen LogP contribution < -0.4 is 4.90 Å². The monoisotopic (exact) mass is 420 g/mol. The first-order valence-electron chi connectivity index (χ1n) is 10.4. The Labute approximate surface area is 182 Å². The van der Waals surface area contributed by atoms with Crippen molar-refractivity contribution in [3.63, 3.8) is 0 Å². The van der Waals surface area contributed by atoms with Gasteiger partial charge in [0.25, 0.3) is 0 Å². The van der Waals surface area contributed by atoms with E-state index in [1.165, 1.54) is 41.1 Å². The first kappa shape index (κ1) is 20.2. The van der Waals surface area contributed by atoms with Crippen molar-refractivity contribution >= 4 is 33.8 Å². The molecule has 0 aliphatic carbocycles. The van der Waals surface area contributed by atoms with E-state index in [1.54, 1.807) is 11.3 Å². The molecule has 4 heteroatoms. The van der Waals surface area contributed by atoms with Gasteiger partial charge in [0.15, 0.2) is 0 Å². The quantitative estimate of drug-likeness (QED) is 0.345. The van der Waals surface area contributed by atoms with Crippen molar-refractivity contribution in [2.75, 3.05) is 17.7 Å². The fraction of sp³-hybridized carbons (Fsp3) is 0.320. The highest BCUT2D eigenvalue weighted by Crippen LogP contribution is 2.31. The highest BCUT2D eigenvalue weighted by molar-refractivity contribution is 8.14. The Kier molecular flexibility index (Phi) is 7.07. The summed E-state index contributed by atoms with van der Waals surface area (Å²) in [5.41, 5.74) is 4.12. The highest BCUT2D eigenvalue weighted by Gasteiger charge is 2.22. The van der Waals surface area contributed by atoms with E-state index in [-0.39, 0.29) is 6.17 Å². The summed E-state index contributed by atoms with van der Waals surface area (Å²) in [6, 6.07) is 24.0. The first-order valence-corrected chi connectivity index (χ1v) is 12.3. The van der Waals surface area contributed by atoms with Crippen molar-refractivity contribution in [2.24, 2.45) is 4.99 Å². The van der Waals surface area contributed by atoms with Gasteiger partial charge >= 0.3 is 0 Å². The number of unbranched alkanes of at least 4 members (excludes halogenated alkanes) is 1. The maximum Gasteiger partial charge on any atom is 0.131 e. The van der Waals surface area contributed by atoms with Crippen LogP contribution in [0.1, 0.15) is 42.7 Å². The first-order chi connectivity index (χ1) is 14.3. The second-order valence-corrected chi connectivity index (χ2v) is 9.40. The topological polar surface area (TPSA) is 15.6 Å². The van der Waals surface area contributed by atoms with Crippen LogP contribution in [0.3, 0.4) is 0 Å². The lowest BCUT2D eigenvalue weighted by Crippen LogP contribution is -2.29. The summed E-state index contributed by atoms with van der Waals surface area (Å²) < 4.78 is 0. The number of rotatable bonds is 9. The zero-order valence-corrected chi connectivity index (χ0v) is 18.5. The van der Waals surface area contributed by atoms with E-state index in [9.17, 15) is 0 Å². The lowest BCUT2D eigenvalue weighted by atomic mass is 9.87. The summed E-state index contributed by atoms with van der Waals surface area (Å²) >= 11 is 3.69. The standard InChI is InChI=1S/C25H28N2S2/c1-27(22-16-17-28-18-22)24-19-29-25(26-24)15-9-8-14-23(20-10-4-2-5-11-20)21-12-6-3-7-13-21/h2-7,10-13,16-18,23-24H,8-9,14-15,19H2,1H3. The van der Waals surface area contributed by atoms with Gasteiger partial charge in [0.1, 0.15) is 6.17 Å². The molecule has 1 aliphatic rings. The SMILES string of the molecule is CN(c1ccsc1)C1CSC(CCCCC(c2ccccc2)c2ccccc2)=N1. The Morgan fingerprint density at radius 3 is 2.28 bits per heavy atom. The average Bonchev–Trinajstić information content (AvgIpc) is 3.47. The smallest absolute Gasteiger partial charge is 0.131 e. The maximum absolute atomic E-state index is 4.99. The number of aliphatic imine (C=N–C) groups is 1. The minimum absolute atomic E-state index is 0.283. The van der Waals surface area contributed by atoms with Gasteiger partial charge in [-0.3, -0.25) is 4.99 Å². The lowest BCUT2D eigenvalue weighted by molar-refractivity contribution is 0.637. The third-order valence-corrected chi connectivity index (χ3v) is 7.37. The van der Waals surface area contributed by atoms with Gasteiger partial charge < -0.3 is 4.90 Å². The van der Waals surface area contributed by atoms with Crippen LogP contribution >= 0.6 is 23.1 Å². The molecule has 150 valence electrons. The zero-order chi connectivity index (χ0) is 19.9. The Hall–Kier alpha value is -2.04. The largest absolute Gasteiger partial charge is 0.351 e. The molecule has 0 bridgehead atoms. The van der Waals surface area contributed by atoms with Gasteiger partial charge in [-0.25, -0.2) is 0 Å². The Morgan fingerprint density at radius 1 is 0.966 bits per heavy atom. The average molecular weight is 421 g/mol. The van der Waals surface area contributed by atoms with Crippen LogP contribution in [0.15, 0.2) is 82.5 Å². The minimum atomic E-state index is 0.283. The third-order valence-electron chi connectivity index (χ3n) is 5.59. The minimum Gasteiger partial charge on any atom is -0.351 e.